The zero-order valence-corrected chi connectivity index (χ0v) is 6.95. The van der Waals surface area contributed by atoms with E-state index in [0.29, 0.717) is 5.46 Å². The van der Waals surface area contributed by atoms with Crippen molar-refractivity contribution in [3.05, 3.63) is 30.3 Å². The fourth-order valence-electron chi connectivity index (χ4n) is 0.965. The second-order valence-corrected chi connectivity index (χ2v) is 2.29. The van der Waals surface area contributed by atoms with Crippen molar-refractivity contribution in [2.24, 2.45) is 0 Å². The zero-order valence-electron chi connectivity index (χ0n) is 6.95. The van der Waals surface area contributed by atoms with Gasteiger partial charge in [-0.05, 0) is 5.46 Å². The van der Waals surface area contributed by atoms with Gasteiger partial charge in [-0.1, -0.05) is 30.3 Å². The van der Waals surface area contributed by atoms with E-state index in [9.17, 15) is 8.78 Å². The average Bonchev–Trinajstić information content (AvgIpc) is 2.19. The third kappa shape index (κ3) is 3.12. The van der Waals surface area contributed by atoms with Gasteiger partial charge in [-0.3, -0.25) is 0 Å². The molecule has 0 saturated heterocycles. The highest BCUT2D eigenvalue weighted by molar-refractivity contribution is 6.61. The standard InChI is InChI=1S/C8H9BF2O2/c10-6-12-9(13-7-11)8-4-2-1-3-5-8/h1-5H,6-7H2. The number of halogens is 2. The van der Waals surface area contributed by atoms with Gasteiger partial charge in [-0.2, -0.15) is 0 Å². The van der Waals surface area contributed by atoms with Crippen LogP contribution in [0.5, 0.6) is 0 Å². The topological polar surface area (TPSA) is 18.5 Å². The van der Waals surface area contributed by atoms with Crippen LogP contribution in [0.4, 0.5) is 8.78 Å². The molecule has 0 radical (unpaired) electrons. The molecule has 1 rings (SSSR count). The monoisotopic (exact) mass is 186 g/mol. The third-order valence-electron chi connectivity index (χ3n) is 1.50. The third-order valence-corrected chi connectivity index (χ3v) is 1.50. The molecule has 5 heteroatoms. The smallest absolute Gasteiger partial charge is 0.380 e. The SMILES string of the molecule is FCOB(OCF)c1ccccc1. The zero-order chi connectivity index (χ0) is 9.52. The van der Waals surface area contributed by atoms with Gasteiger partial charge in [0.2, 0.25) is 0 Å². The van der Waals surface area contributed by atoms with Gasteiger partial charge in [-0.25, -0.2) is 8.78 Å². The Labute approximate surface area is 75.6 Å². The largest absolute Gasteiger partial charge is 0.497 e. The van der Waals surface area contributed by atoms with E-state index < -0.39 is 20.8 Å². The van der Waals surface area contributed by atoms with Crippen molar-refractivity contribution in [1.29, 1.82) is 0 Å². The maximum absolute atomic E-state index is 11.8. The van der Waals surface area contributed by atoms with Gasteiger partial charge in [-0.15, -0.1) is 0 Å². The Kier molecular flexibility index (Phi) is 4.42. The first-order chi connectivity index (χ1) is 6.38. The van der Waals surface area contributed by atoms with Crippen molar-refractivity contribution >= 4 is 12.6 Å². The lowest BCUT2D eigenvalue weighted by Crippen LogP contribution is -2.36. The van der Waals surface area contributed by atoms with Crippen LogP contribution in [0, 0.1) is 0 Å². The molecule has 0 unspecified atom stereocenters. The van der Waals surface area contributed by atoms with Crippen LogP contribution in [0.3, 0.4) is 0 Å². The highest BCUT2D eigenvalue weighted by atomic mass is 19.1. The molecule has 0 aliphatic rings. The molecule has 0 aromatic heterocycles. The molecule has 0 atom stereocenters. The molecule has 0 fully saturated rings. The maximum Gasteiger partial charge on any atom is 0.497 e. The highest BCUT2D eigenvalue weighted by Crippen LogP contribution is 1.94. The van der Waals surface area contributed by atoms with Crippen LogP contribution < -0.4 is 5.46 Å². The molecule has 0 heterocycles. The van der Waals surface area contributed by atoms with E-state index in [1.54, 1.807) is 30.3 Å². The molecule has 70 valence electrons. The van der Waals surface area contributed by atoms with Crippen molar-refractivity contribution < 1.29 is 18.1 Å². The number of alkyl halides is 2. The normalized spacial score (nSPS) is 10.0. The Balaban J connectivity index is 2.64. The molecule has 0 bridgehead atoms. The summed E-state index contributed by atoms with van der Waals surface area (Å²) in [5, 5.41) is 0. The number of hydrogen-bond acceptors (Lipinski definition) is 2. The van der Waals surface area contributed by atoms with Crippen molar-refractivity contribution in [3.8, 4) is 0 Å². The second-order valence-electron chi connectivity index (χ2n) is 2.29. The summed E-state index contributed by atoms with van der Waals surface area (Å²) in [5.74, 6) is 0. The molecule has 2 nitrogen and oxygen atoms in total. The van der Waals surface area contributed by atoms with Crippen LogP contribution in [0.2, 0.25) is 0 Å². The van der Waals surface area contributed by atoms with Crippen LogP contribution >= 0.6 is 0 Å². The number of hydrogen-bond donors (Lipinski definition) is 0. The Morgan fingerprint density at radius 3 is 2.00 bits per heavy atom. The first-order valence-electron chi connectivity index (χ1n) is 3.78. The number of benzene rings is 1. The molecule has 0 aliphatic heterocycles. The highest BCUT2D eigenvalue weighted by Gasteiger charge is 2.20. The van der Waals surface area contributed by atoms with E-state index in [1.807, 2.05) is 0 Å². The van der Waals surface area contributed by atoms with E-state index >= 15 is 0 Å². The minimum absolute atomic E-state index is 0.595. The summed E-state index contributed by atoms with van der Waals surface area (Å²) < 4.78 is 32.7. The Morgan fingerprint density at radius 1 is 1.00 bits per heavy atom. The quantitative estimate of drug-likeness (QED) is 0.644. The van der Waals surface area contributed by atoms with E-state index in [0.717, 1.165) is 0 Å². The van der Waals surface area contributed by atoms with Crippen molar-refractivity contribution in [2.75, 3.05) is 13.7 Å². The van der Waals surface area contributed by atoms with Gasteiger partial charge in [0.05, 0.1) is 0 Å². The molecule has 13 heavy (non-hydrogen) atoms. The van der Waals surface area contributed by atoms with Gasteiger partial charge >= 0.3 is 7.12 Å². The van der Waals surface area contributed by atoms with Crippen LogP contribution in [0.1, 0.15) is 0 Å². The molecule has 1 aromatic rings. The Hall–Kier alpha value is -0.935. The lowest BCUT2D eigenvalue weighted by molar-refractivity contribution is 0.107. The fraction of sp³-hybridized carbons (Fsp3) is 0.250. The van der Waals surface area contributed by atoms with E-state index in [2.05, 4.69) is 9.31 Å². The summed E-state index contributed by atoms with van der Waals surface area (Å²) in [4.78, 5) is 0. The first kappa shape index (κ1) is 10.1. The maximum atomic E-state index is 11.8. The van der Waals surface area contributed by atoms with E-state index in [-0.39, 0.29) is 0 Å². The Morgan fingerprint density at radius 2 is 1.54 bits per heavy atom. The molecular weight excluding hydrogens is 177 g/mol. The molecule has 0 spiro atoms. The van der Waals surface area contributed by atoms with Crippen LogP contribution in [-0.4, -0.2) is 20.8 Å². The fourth-order valence-corrected chi connectivity index (χ4v) is 0.965. The predicted molar refractivity (Wildman–Crippen MR) is 46.0 cm³/mol. The number of rotatable bonds is 5. The Bertz CT molecular complexity index is 227. The minimum Gasteiger partial charge on any atom is -0.380 e. The van der Waals surface area contributed by atoms with Crippen LogP contribution in [-0.2, 0) is 9.31 Å². The lowest BCUT2D eigenvalue weighted by atomic mass is 9.79. The molecule has 0 N–H and O–H groups in total. The summed E-state index contributed by atoms with van der Waals surface area (Å²) in [7, 11) is -0.962. The predicted octanol–water partition coefficient (Wildman–Crippen LogP) is 1.27. The summed E-state index contributed by atoms with van der Waals surface area (Å²) in [6.45, 7) is -2.00. The molecular formula is C8H9BF2O2. The van der Waals surface area contributed by atoms with Gasteiger partial charge in [0.1, 0.15) is 0 Å². The summed E-state index contributed by atoms with van der Waals surface area (Å²) in [6.07, 6.45) is 0. The van der Waals surface area contributed by atoms with Gasteiger partial charge in [0.25, 0.3) is 0 Å². The summed E-state index contributed by atoms with van der Waals surface area (Å²) in [5.41, 5.74) is 0.595. The van der Waals surface area contributed by atoms with E-state index in [1.165, 1.54) is 0 Å². The average molecular weight is 186 g/mol. The molecule has 1 aromatic carbocycles. The first-order valence-corrected chi connectivity index (χ1v) is 3.78. The second kappa shape index (κ2) is 5.67. The lowest BCUT2D eigenvalue weighted by Gasteiger charge is -2.09. The van der Waals surface area contributed by atoms with Gasteiger partial charge in [0, 0.05) is 0 Å². The van der Waals surface area contributed by atoms with E-state index in [4.69, 9.17) is 0 Å². The van der Waals surface area contributed by atoms with Gasteiger partial charge < -0.3 is 9.31 Å². The van der Waals surface area contributed by atoms with Crippen molar-refractivity contribution in [3.63, 3.8) is 0 Å². The summed E-state index contributed by atoms with van der Waals surface area (Å²) >= 11 is 0. The molecule has 0 amide bonds. The summed E-state index contributed by atoms with van der Waals surface area (Å²) in [6, 6.07) is 8.63. The van der Waals surface area contributed by atoms with Crippen molar-refractivity contribution in [2.45, 2.75) is 0 Å². The van der Waals surface area contributed by atoms with Crippen LogP contribution in [0.25, 0.3) is 0 Å². The van der Waals surface area contributed by atoms with Crippen molar-refractivity contribution in [1.82, 2.24) is 0 Å². The molecule has 0 aliphatic carbocycles. The van der Waals surface area contributed by atoms with Gasteiger partial charge in [0.15, 0.2) is 13.7 Å². The minimum atomic E-state index is -1.00. The molecule has 0 saturated carbocycles. The van der Waals surface area contributed by atoms with Crippen LogP contribution in [0.15, 0.2) is 30.3 Å².